The molecule has 0 aromatic heterocycles. The van der Waals surface area contributed by atoms with Crippen LogP contribution in [0.25, 0.3) is 0 Å². The Morgan fingerprint density at radius 1 is 1.11 bits per heavy atom. The Morgan fingerprint density at radius 2 is 1.63 bits per heavy atom. The van der Waals surface area contributed by atoms with Crippen LogP contribution in [-0.4, -0.2) is 23.7 Å². The summed E-state index contributed by atoms with van der Waals surface area (Å²) in [7, 11) is 0. The average Bonchev–Trinajstić information content (AvgIpc) is 2.82. The van der Waals surface area contributed by atoms with E-state index in [1.807, 2.05) is 6.92 Å². The Hall–Kier alpha value is -1.07. The summed E-state index contributed by atoms with van der Waals surface area (Å²) in [6.45, 7) is 3.87. The van der Waals surface area contributed by atoms with Crippen LogP contribution in [0.1, 0.15) is 30.9 Å². The van der Waals surface area contributed by atoms with Crippen LogP contribution in [0.2, 0.25) is 0 Å². The van der Waals surface area contributed by atoms with Gasteiger partial charge in [-0.1, -0.05) is 12.1 Å². The van der Waals surface area contributed by atoms with Crippen LogP contribution in [0.4, 0.5) is 13.2 Å². The molecule has 1 fully saturated rings. The Bertz CT molecular complexity index is 417. The van der Waals surface area contributed by atoms with Crippen LogP contribution >= 0.6 is 0 Å². The molecule has 5 heteroatoms. The smallest absolute Gasteiger partial charge is 0.313 e. The zero-order chi connectivity index (χ0) is 14.1. The summed E-state index contributed by atoms with van der Waals surface area (Å²) in [6.07, 6.45) is -1.44. The van der Waals surface area contributed by atoms with E-state index in [4.69, 9.17) is 5.73 Å². The highest BCUT2D eigenvalue weighted by atomic mass is 19.4. The van der Waals surface area contributed by atoms with Crippen molar-refractivity contribution in [3.63, 3.8) is 0 Å². The minimum atomic E-state index is -4.28. The number of benzene rings is 1. The Balaban J connectivity index is 2.06. The van der Waals surface area contributed by atoms with Crippen LogP contribution in [0, 0.1) is 0 Å². The average molecular weight is 272 g/mol. The second-order valence-corrected chi connectivity index (χ2v) is 5.42. The molecule has 1 atom stereocenters. The van der Waals surface area contributed by atoms with E-state index in [1.54, 1.807) is 0 Å². The van der Waals surface area contributed by atoms with Crippen molar-refractivity contribution in [2.45, 2.75) is 38.0 Å². The predicted molar refractivity (Wildman–Crippen MR) is 68.5 cm³/mol. The topological polar surface area (TPSA) is 29.3 Å². The highest BCUT2D eigenvalue weighted by Crippen LogP contribution is 2.29. The van der Waals surface area contributed by atoms with Gasteiger partial charge < -0.3 is 5.73 Å². The third kappa shape index (κ3) is 3.48. The monoisotopic (exact) mass is 272 g/mol. The molecule has 1 aromatic carbocycles. The third-order valence-electron chi connectivity index (χ3n) is 3.67. The maximum Gasteiger partial charge on any atom is 0.416 e. The molecule has 1 heterocycles. The Morgan fingerprint density at radius 3 is 2.11 bits per heavy atom. The first-order valence-electron chi connectivity index (χ1n) is 6.49. The van der Waals surface area contributed by atoms with Gasteiger partial charge in [-0.2, -0.15) is 13.2 Å². The highest BCUT2D eigenvalue weighted by molar-refractivity contribution is 5.25. The van der Waals surface area contributed by atoms with Crippen molar-refractivity contribution in [2.24, 2.45) is 5.73 Å². The summed E-state index contributed by atoms with van der Waals surface area (Å²) in [6, 6.07) is 5.28. The van der Waals surface area contributed by atoms with E-state index in [-0.39, 0.29) is 0 Å². The zero-order valence-corrected chi connectivity index (χ0v) is 11.0. The number of hydrogen-bond acceptors (Lipinski definition) is 2. The van der Waals surface area contributed by atoms with Crippen LogP contribution < -0.4 is 5.73 Å². The summed E-state index contributed by atoms with van der Waals surface area (Å²) < 4.78 is 37.4. The number of nitrogens with zero attached hydrogens (tertiary/aromatic N) is 1. The lowest BCUT2D eigenvalue weighted by Gasteiger charge is -2.35. The molecule has 0 radical (unpaired) electrons. The maximum absolute atomic E-state index is 12.5. The van der Waals surface area contributed by atoms with E-state index >= 15 is 0 Å². The lowest BCUT2D eigenvalue weighted by molar-refractivity contribution is -0.137. The van der Waals surface area contributed by atoms with E-state index in [9.17, 15) is 13.2 Å². The van der Waals surface area contributed by atoms with E-state index in [2.05, 4.69) is 4.90 Å². The number of halogens is 3. The van der Waals surface area contributed by atoms with Crippen molar-refractivity contribution in [1.29, 1.82) is 0 Å². The lowest BCUT2D eigenvalue weighted by Crippen LogP contribution is -2.53. The molecular weight excluding hydrogens is 253 g/mol. The van der Waals surface area contributed by atoms with Gasteiger partial charge in [-0.25, -0.2) is 0 Å². The van der Waals surface area contributed by atoms with E-state index in [0.717, 1.165) is 43.6 Å². The fourth-order valence-corrected chi connectivity index (χ4v) is 2.56. The van der Waals surface area contributed by atoms with Crippen LogP contribution in [0.3, 0.4) is 0 Å². The predicted octanol–water partition coefficient (Wildman–Crippen LogP) is 3.02. The van der Waals surface area contributed by atoms with E-state index < -0.39 is 17.4 Å². The normalized spacial score (nSPS) is 20.5. The standard InChI is InChI=1S/C14H19F3N2/c1-13(18,19-8-2-3-9-19)10-11-4-6-12(7-5-11)14(15,16)17/h4-7H,2-3,8-10,18H2,1H3. The quantitative estimate of drug-likeness (QED) is 0.916. The van der Waals surface area contributed by atoms with Gasteiger partial charge in [-0.3, -0.25) is 4.90 Å². The maximum atomic E-state index is 12.5. The van der Waals surface area contributed by atoms with Crippen LogP contribution in [-0.2, 0) is 12.6 Å². The van der Waals surface area contributed by atoms with Crippen molar-refractivity contribution < 1.29 is 13.2 Å². The minimum absolute atomic E-state index is 0.490. The van der Waals surface area contributed by atoms with Gasteiger partial charge in [0.2, 0.25) is 0 Å². The highest BCUT2D eigenvalue weighted by Gasteiger charge is 2.32. The van der Waals surface area contributed by atoms with Crippen LogP contribution in [0.5, 0.6) is 0 Å². The van der Waals surface area contributed by atoms with Gasteiger partial charge in [0.15, 0.2) is 0 Å². The molecule has 2 rings (SSSR count). The largest absolute Gasteiger partial charge is 0.416 e. The molecule has 2 N–H and O–H groups in total. The molecule has 1 aliphatic heterocycles. The van der Waals surface area contributed by atoms with Gasteiger partial charge in [0, 0.05) is 6.42 Å². The molecule has 2 nitrogen and oxygen atoms in total. The molecule has 0 saturated carbocycles. The summed E-state index contributed by atoms with van der Waals surface area (Å²) in [5, 5.41) is 0. The number of nitrogens with two attached hydrogens (primary N) is 1. The van der Waals surface area contributed by atoms with Gasteiger partial charge in [-0.15, -0.1) is 0 Å². The molecule has 1 saturated heterocycles. The van der Waals surface area contributed by atoms with Crippen molar-refractivity contribution in [1.82, 2.24) is 4.90 Å². The molecule has 0 bridgehead atoms. The molecular formula is C14H19F3N2. The summed E-state index contributed by atoms with van der Waals surface area (Å²) in [5.41, 5.74) is 6.01. The first-order valence-corrected chi connectivity index (χ1v) is 6.49. The first kappa shape index (κ1) is 14.3. The van der Waals surface area contributed by atoms with Crippen molar-refractivity contribution in [2.75, 3.05) is 13.1 Å². The first-order chi connectivity index (χ1) is 8.79. The molecule has 0 spiro atoms. The van der Waals surface area contributed by atoms with Gasteiger partial charge in [0.05, 0.1) is 11.2 Å². The molecule has 1 aliphatic rings. The van der Waals surface area contributed by atoms with Gasteiger partial charge in [0.25, 0.3) is 0 Å². The Kier molecular flexibility index (Phi) is 3.87. The van der Waals surface area contributed by atoms with E-state index in [1.165, 1.54) is 12.1 Å². The number of rotatable bonds is 3. The Labute approximate surface area is 111 Å². The van der Waals surface area contributed by atoms with Crippen molar-refractivity contribution in [3.05, 3.63) is 35.4 Å². The molecule has 1 unspecified atom stereocenters. The van der Waals surface area contributed by atoms with Crippen LogP contribution in [0.15, 0.2) is 24.3 Å². The number of alkyl halides is 3. The number of hydrogen-bond donors (Lipinski definition) is 1. The second kappa shape index (κ2) is 5.13. The number of likely N-dealkylation sites (tertiary alicyclic amines) is 1. The fraction of sp³-hybridized carbons (Fsp3) is 0.571. The molecule has 0 amide bonds. The fourth-order valence-electron chi connectivity index (χ4n) is 2.56. The van der Waals surface area contributed by atoms with E-state index in [0.29, 0.717) is 6.42 Å². The lowest BCUT2D eigenvalue weighted by atomic mass is 9.99. The van der Waals surface area contributed by atoms with Gasteiger partial charge in [0.1, 0.15) is 0 Å². The summed E-state index contributed by atoms with van der Waals surface area (Å²) >= 11 is 0. The van der Waals surface area contributed by atoms with Gasteiger partial charge in [-0.05, 0) is 50.6 Å². The summed E-state index contributed by atoms with van der Waals surface area (Å²) in [4.78, 5) is 2.20. The zero-order valence-electron chi connectivity index (χ0n) is 11.0. The molecule has 106 valence electrons. The van der Waals surface area contributed by atoms with Crippen molar-refractivity contribution >= 4 is 0 Å². The SMILES string of the molecule is CC(N)(Cc1ccc(C(F)(F)F)cc1)N1CCCC1. The molecule has 1 aromatic rings. The molecule has 19 heavy (non-hydrogen) atoms. The second-order valence-electron chi connectivity index (χ2n) is 5.42. The molecule has 0 aliphatic carbocycles. The van der Waals surface area contributed by atoms with Crippen molar-refractivity contribution in [3.8, 4) is 0 Å². The van der Waals surface area contributed by atoms with Gasteiger partial charge >= 0.3 is 6.18 Å². The minimum Gasteiger partial charge on any atom is -0.313 e. The third-order valence-corrected chi connectivity index (χ3v) is 3.67. The summed E-state index contributed by atoms with van der Waals surface area (Å²) in [5.74, 6) is 0.